The third-order valence-corrected chi connectivity index (χ3v) is 3.68. The quantitative estimate of drug-likeness (QED) is 0.848. The lowest BCUT2D eigenvalue weighted by Crippen LogP contribution is -2.01. The molecule has 0 amide bonds. The Hall–Kier alpha value is -2.08. The molecular formula is C13H13FN2O2S. The van der Waals surface area contributed by atoms with Gasteiger partial charge in [0.25, 0.3) is 0 Å². The Bertz CT molecular complexity index is 697. The van der Waals surface area contributed by atoms with Crippen LogP contribution in [0.15, 0.2) is 47.4 Å². The fourth-order valence-corrected chi connectivity index (χ4v) is 2.23. The van der Waals surface area contributed by atoms with Crippen LogP contribution in [0.1, 0.15) is 0 Å². The van der Waals surface area contributed by atoms with Crippen molar-refractivity contribution in [3.8, 4) is 0 Å². The van der Waals surface area contributed by atoms with Crippen LogP contribution in [0.5, 0.6) is 0 Å². The fourth-order valence-electron chi connectivity index (χ4n) is 1.57. The number of hydrogen-bond acceptors (Lipinski definition) is 4. The van der Waals surface area contributed by atoms with Crippen molar-refractivity contribution in [2.45, 2.75) is 4.90 Å². The highest BCUT2D eigenvalue weighted by atomic mass is 32.2. The van der Waals surface area contributed by atoms with Crippen molar-refractivity contribution in [3.05, 3.63) is 48.3 Å². The van der Waals surface area contributed by atoms with E-state index in [1.54, 1.807) is 18.2 Å². The molecule has 0 aliphatic carbocycles. The molecule has 100 valence electrons. The van der Waals surface area contributed by atoms with E-state index in [9.17, 15) is 12.8 Å². The van der Waals surface area contributed by atoms with E-state index in [0.29, 0.717) is 17.1 Å². The lowest BCUT2D eigenvalue weighted by atomic mass is 10.2. The second kappa shape index (κ2) is 4.89. The maximum atomic E-state index is 12.8. The molecule has 3 N–H and O–H groups in total. The molecule has 0 aromatic heterocycles. The molecule has 0 fully saturated rings. The summed E-state index contributed by atoms with van der Waals surface area (Å²) in [6.07, 6.45) is 1.12. The number of sulfone groups is 1. The molecule has 0 bridgehead atoms. The van der Waals surface area contributed by atoms with Gasteiger partial charge in [-0.2, -0.15) is 0 Å². The number of anilines is 3. The molecule has 2 aromatic carbocycles. The normalized spacial score (nSPS) is 11.3. The van der Waals surface area contributed by atoms with Crippen LogP contribution in [0.2, 0.25) is 0 Å². The highest BCUT2D eigenvalue weighted by molar-refractivity contribution is 7.90. The first-order valence-electron chi connectivity index (χ1n) is 5.48. The van der Waals surface area contributed by atoms with E-state index in [-0.39, 0.29) is 10.7 Å². The zero-order chi connectivity index (χ0) is 14.0. The molecule has 0 atom stereocenters. The summed E-state index contributed by atoms with van der Waals surface area (Å²) in [4.78, 5) is 0.162. The zero-order valence-electron chi connectivity index (χ0n) is 10.2. The average molecular weight is 280 g/mol. The van der Waals surface area contributed by atoms with Crippen LogP contribution in [-0.2, 0) is 9.84 Å². The second-order valence-corrected chi connectivity index (χ2v) is 6.17. The van der Waals surface area contributed by atoms with Gasteiger partial charge in [-0.3, -0.25) is 0 Å². The Balaban J connectivity index is 2.29. The predicted molar refractivity (Wildman–Crippen MR) is 73.6 cm³/mol. The SMILES string of the molecule is CS(=O)(=O)c1ccc(Nc2ccc(F)cc2)c(N)c1. The number of nitrogens with two attached hydrogens (primary N) is 1. The zero-order valence-corrected chi connectivity index (χ0v) is 11.0. The highest BCUT2D eigenvalue weighted by Gasteiger charge is 2.09. The Morgan fingerprint density at radius 3 is 2.26 bits per heavy atom. The summed E-state index contributed by atoms with van der Waals surface area (Å²) < 4.78 is 35.5. The van der Waals surface area contributed by atoms with Gasteiger partial charge < -0.3 is 11.1 Å². The van der Waals surface area contributed by atoms with Gasteiger partial charge in [-0.05, 0) is 42.5 Å². The van der Waals surface area contributed by atoms with Crippen molar-refractivity contribution >= 4 is 26.9 Å². The number of nitrogens with one attached hydrogen (secondary N) is 1. The Morgan fingerprint density at radius 1 is 1.11 bits per heavy atom. The number of benzene rings is 2. The molecule has 0 saturated carbocycles. The molecule has 0 heterocycles. The van der Waals surface area contributed by atoms with E-state index < -0.39 is 9.84 Å². The topological polar surface area (TPSA) is 72.2 Å². The van der Waals surface area contributed by atoms with Gasteiger partial charge in [-0.15, -0.1) is 0 Å². The van der Waals surface area contributed by atoms with Gasteiger partial charge in [0.2, 0.25) is 0 Å². The first-order valence-corrected chi connectivity index (χ1v) is 7.37. The maximum Gasteiger partial charge on any atom is 0.175 e. The van der Waals surface area contributed by atoms with Crippen molar-refractivity contribution in [2.75, 3.05) is 17.3 Å². The Kier molecular flexibility index (Phi) is 3.44. The third-order valence-electron chi connectivity index (χ3n) is 2.57. The van der Waals surface area contributed by atoms with Crippen LogP contribution in [0.4, 0.5) is 21.5 Å². The molecule has 0 aliphatic rings. The summed E-state index contributed by atoms with van der Waals surface area (Å²) in [5, 5.41) is 2.99. The maximum absolute atomic E-state index is 12.8. The predicted octanol–water partition coefficient (Wildman–Crippen LogP) is 2.55. The lowest BCUT2D eigenvalue weighted by molar-refractivity contribution is 0.602. The smallest absolute Gasteiger partial charge is 0.175 e. The number of rotatable bonds is 3. The fraction of sp³-hybridized carbons (Fsp3) is 0.0769. The summed E-state index contributed by atoms with van der Waals surface area (Å²) in [5.74, 6) is -0.328. The standard InChI is InChI=1S/C13H13FN2O2S/c1-19(17,18)11-6-7-13(12(15)8-11)16-10-4-2-9(14)3-5-10/h2-8,16H,15H2,1H3. The van der Waals surface area contributed by atoms with Crippen molar-refractivity contribution in [1.82, 2.24) is 0 Å². The van der Waals surface area contributed by atoms with Crippen molar-refractivity contribution in [3.63, 3.8) is 0 Å². The monoisotopic (exact) mass is 280 g/mol. The first-order chi connectivity index (χ1) is 8.86. The second-order valence-electron chi connectivity index (χ2n) is 4.15. The summed E-state index contributed by atoms with van der Waals surface area (Å²) >= 11 is 0. The molecule has 19 heavy (non-hydrogen) atoms. The van der Waals surface area contributed by atoms with Gasteiger partial charge in [0.1, 0.15) is 5.82 Å². The molecule has 6 heteroatoms. The molecule has 2 aromatic rings. The highest BCUT2D eigenvalue weighted by Crippen LogP contribution is 2.26. The molecule has 0 radical (unpaired) electrons. The molecule has 0 unspecified atom stereocenters. The van der Waals surface area contributed by atoms with E-state index in [2.05, 4.69) is 5.32 Å². The van der Waals surface area contributed by atoms with Crippen LogP contribution in [0.25, 0.3) is 0 Å². The molecule has 4 nitrogen and oxygen atoms in total. The molecule has 2 rings (SSSR count). The molecule has 0 aliphatic heterocycles. The van der Waals surface area contributed by atoms with Crippen molar-refractivity contribution in [1.29, 1.82) is 0 Å². The van der Waals surface area contributed by atoms with E-state index in [0.717, 1.165) is 6.26 Å². The van der Waals surface area contributed by atoms with Crippen LogP contribution in [-0.4, -0.2) is 14.7 Å². The molecule has 0 saturated heterocycles. The van der Waals surface area contributed by atoms with Crippen LogP contribution in [0, 0.1) is 5.82 Å². The van der Waals surface area contributed by atoms with Crippen LogP contribution in [0.3, 0.4) is 0 Å². The van der Waals surface area contributed by atoms with Crippen molar-refractivity contribution in [2.24, 2.45) is 0 Å². The molecular weight excluding hydrogens is 267 g/mol. The first kappa shape index (κ1) is 13.4. The summed E-state index contributed by atoms with van der Waals surface area (Å²) in [6, 6.07) is 10.2. The summed E-state index contributed by atoms with van der Waals surface area (Å²) in [7, 11) is -3.28. The minimum absolute atomic E-state index is 0.162. The van der Waals surface area contributed by atoms with Gasteiger partial charge >= 0.3 is 0 Å². The van der Waals surface area contributed by atoms with E-state index in [1.807, 2.05) is 0 Å². The van der Waals surface area contributed by atoms with Crippen molar-refractivity contribution < 1.29 is 12.8 Å². The minimum Gasteiger partial charge on any atom is -0.397 e. The third kappa shape index (κ3) is 3.23. The van der Waals surface area contributed by atoms with Crippen LogP contribution < -0.4 is 11.1 Å². The van der Waals surface area contributed by atoms with Gasteiger partial charge in [0, 0.05) is 11.9 Å². The van der Waals surface area contributed by atoms with Gasteiger partial charge in [-0.1, -0.05) is 0 Å². The Labute approximate surface area is 111 Å². The van der Waals surface area contributed by atoms with E-state index >= 15 is 0 Å². The largest absolute Gasteiger partial charge is 0.397 e. The number of nitrogen functional groups attached to an aromatic ring is 1. The lowest BCUT2D eigenvalue weighted by Gasteiger charge is -2.10. The van der Waals surface area contributed by atoms with E-state index in [1.165, 1.54) is 24.3 Å². The van der Waals surface area contributed by atoms with Gasteiger partial charge in [0.15, 0.2) is 9.84 Å². The van der Waals surface area contributed by atoms with Gasteiger partial charge in [-0.25, -0.2) is 12.8 Å². The van der Waals surface area contributed by atoms with E-state index in [4.69, 9.17) is 5.73 Å². The average Bonchev–Trinajstić information content (AvgIpc) is 2.33. The summed E-state index contributed by atoms with van der Waals surface area (Å²) in [6.45, 7) is 0. The van der Waals surface area contributed by atoms with Gasteiger partial charge in [0.05, 0.1) is 16.3 Å². The van der Waals surface area contributed by atoms with Crippen LogP contribution >= 0.6 is 0 Å². The minimum atomic E-state index is -3.28. The molecule has 0 spiro atoms. The number of hydrogen-bond donors (Lipinski definition) is 2. The number of halogens is 1. The summed E-state index contributed by atoms with van der Waals surface area (Å²) in [5.41, 5.74) is 7.34. The Morgan fingerprint density at radius 2 is 1.74 bits per heavy atom.